The van der Waals surface area contributed by atoms with Crippen molar-refractivity contribution in [3.8, 4) is 17.2 Å². The van der Waals surface area contributed by atoms with Gasteiger partial charge in [-0.15, -0.1) is 0 Å². The molecule has 250 valence electrons. The highest BCUT2D eigenvalue weighted by atomic mass is 16.5. The maximum Gasteiger partial charge on any atom is 0.222 e. The van der Waals surface area contributed by atoms with Gasteiger partial charge in [-0.05, 0) is 88.2 Å². The second kappa shape index (κ2) is 13.8. The third kappa shape index (κ3) is 5.93. The molecular weight excluding hydrogens is 572 g/mol. The third-order valence-corrected chi connectivity index (χ3v) is 12.3. The van der Waals surface area contributed by atoms with Crippen molar-refractivity contribution < 1.29 is 19.4 Å². The molecule has 0 unspecified atom stereocenters. The minimum Gasteiger partial charge on any atom is -0.508 e. The van der Waals surface area contributed by atoms with Crippen LogP contribution in [-0.4, -0.2) is 65.7 Å². The fraction of sp³-hybridized carbons (Fsp3) is 0.675. The molecular formula is C40H56N2O4. The summed E-state index contributed by atoms with van der Waals surface area (Å²) in [6.45, 7) is 5.33. The molecule has 3 fully saturated rings. The monoisotopic (exact) mass is 628 g/mol. The molecule has 6 nitrogen and oxygen atoms in total. The van der Waals surface area contributed by atoms with Gasteiger partial charge in [0.05, 0.1) is 13.2 Å². The maximum atomic E-state index is 14.2. The molecule has 2 saturated carbocycles. The lowest BCUT2D eigenvalue weighted by Gasteiger charge is -2.60. The molecule has 1 spiro atoms. The Morgan fingerprint density at radius 2 is 1.85 bits per heavy atom. The van der Waals surface area contributed by atoms with Crippen molar-refractivity contribution in [1.82, 2.24) is 9.80 Å². The van der Waals surface area contributed by atoms with E-state index in [0.29, 0.717) is 35.8 Å². The summed E-state index contributed by atoms with van der Waals surface area (Å²) >= 11 is 0. The fourth-order valence-corrected chi connectivity index (χ4v) is 9.91. The van der Waals surface area contributed by atoms with Crippen LogP contribution < -0.4 is 9.47 Å². The Kier molecular flexibility index (Phi) is 9.54. The standard InChI is InChI=1S/C40H56N2O4/c1-3-4-13-23-42(36(44)17-12-7-5-6-9-14-28-15-10-8-11-16-28)32-21-20-31-33-25-30-34(43)26-35(45-2)38-37(30)40(31,39(32)46-38)22-24-41(33)27-29-18-19-29/h8,10-11,15-16,26,29,31-33,39,43H,3-7,9,12-14,17-25,27H2,1-2H3/t31-,32-,33+,39-,40-/m0/s1. The Balaban J connectivity index is 1.08. The van der Waals surface area contributed by atoms with Gasteiger partial charge in [0.1, 0.15) is 11.9 Å². The molecule has 2 aromatic carbocycles. The number of rotatable bonds is 16. The van der Waals surface area contributed by atoms with Crippen LogP contribution in [0.15, 0.2) is 36.4 Å². The predicted molar refractivity (Wildman–Crippen MR) is 183 cm³/mol. The van der Waals surface area contributed by atoms with Crippen molar-refractivity contribution in [2.45, 2.75) is 133 Å². The van der Waals surface area contributed by atoms with E-state index in [9.17, 15) is 9.90 Å². The summed E-state index contributed by atoms with van der Waals surface area (Å²) in [5.41, 5.74) is 3.56. The number of piperidine rings is 1. The summed E-state index contributed by atoms with van der Waals surface area (Å²) in [6.07, 6.45) is 17.5. The van der Waals surface area contributed by atoms with Crippen LogP contribution in [0.4, 0.5) is 0 Å². The van der Waals surface area contributed by atoms with Crippen LogP contribution in [0.25, 0.3) is 0 Å². The van der Waals surface area contributed by atoms with Crippen molar-refractivity contribution in [1.29, 1.82) is 0 Å². The van der Waals surface area contributed by atoms with Crippen LogP contribution >= 0.6 is 0 Å². The number of carbonyl (C=O) groups excluding carboxylic acids is 1. The average molecular weight is 629 g/mol. The van der Waals surface area contributed by atoms with Crippen LogP contribution in [0.5, 0.6) is 17.2 Å². The number of nitrogens with zero attached hydrogens (tertiary/aromatic N) is 2. The molecule has 2 aromatic rings. The minimum absolute atomic E-state index is 0.0623. The lowest BCUT2D eigenvalue weighted by molar-refractivity contribution is -0.143. The molecule has 7 rings (SSSR count). The van der Waals surface area contributed by atoms with Crippen molar-refractivity contribution in [3.63, 3.8) is 0 Å². The van der Waals surface area contributed by atoms with E-state index < -0.39 is 0 Å². The first-order chi connectivity index (χ1) is 22.5. The Hall–Kier alpha value is -2.73. The van der Waals surface area contributed by atoms with E-state index in [1.165, 1.54) is 49.8 Å². The summed E-state index contributed by atoms with van der Waals surface area (Å²) in [5.74, 6) is 3.50. The highest BCUT2D eigenvalue weighted by Crippen LogP contribution is 2.66. The smallest absolute Gasteiger partial charge is 0.222 e. The maximum absolute atomic E-state index is 14.2. The molecule has 46 heavy (non-hydrogen) atoms. The van der Waals surface area contributed by atoms with Crippen molar-refractivity contribution >= 4 is 5.91 Å². The predicted octanol–water partition coefficient (Wildman–Crippen LogP) is 7.82. The molecule has 1 N–H and O–H groups in total. The van der Waals surface area contributed by atoms with Gasteiger partial charge in [-0.1, -0.05) is 69.4 Å². The van der Waals surface area contributed by atoms with Crippen LogP contribution in [-0.2, 0) is 23.1 Å². The summed E-state index contributed by atoms with van der Waals surface area (Å²) in [4.78, 5) is 19.2. The topological polar surface area (TPSA) is 62.2 Å². The van der Waals surface area contributed by atoms with Gasteiger partial charge in [0, 0.05) is 48.2 Å². The number of hydrogen-bond donors (Lipinski definition) is 1. The molecule has 1 saturated heterocycles. The van der Waals surface area contributed by atoms with E-state index in [2.05, 4.69) is 47.1 Å². The van der Waals surface area contributed by atoms with E-state index in [4.69, 9.17) is 9.47 Å². The Morgan fingerprint density at radius 1 is 1.04 bits per heavy atom. The van der Waals surface area contributed by atoms with Gasteiger partial charge in [-0.3, -0.25) is 9.69 Å². The molecule has 6 heteroatoms. The van der Waals surface area contributed by atoms with Crippen molar-refractivity contribution in [2.24, 2.45) is 11.8 Å². The molecule has 3 aliphatic carbocycles. The molecule has 2 aliphatic heterocycles. The number of methoxy groups -OCH3 is 1. The first-order valence-corrected chi connectivity index (χ1v) is 18.7. The number of aryl methyl sites for hydroxylation is 1. The highest BCUT2D eigenvalue weighted by Gasteiger charge is 2.67. The van der Waals surface area contributed by atoms with Gasteiger partial charge in [0.25, 0.3) is 0 Å². The lowest BCUT2D eigenvalue weighted by atomic mass is 9.50. The number of carbonyl (C=O) groups is 1. The average Bonchev–Trinajstić information content (AvgIpc) is 3.83. The second-order valence-corrected chi connectivity index (χ2v) is 15.1. The molecule has 1 amide bonds. The van der Waals surface area contributed by atoms with Gasteiger partial charge in [-0.25, -0.2) is 0 Å². The van der Waals surface area contributed by atoms with Gasteiger partial charge >= 0.3 is 0 Å². The normalized spacial score (nSPS) is 27.6. The zero-order chi connectivity index (χ0) is 31.7. The lowest BCUT2D eigenvalue weighted by Crippen LogP contribution is -2.69. The van der Waals surface area contributed by atoms with Crippen LogP contribution in [0, 0.1) is 11.8 Å². The number of hydrogen-bond acceptors (Lipinski definition) is 5. The van der Waals surface area contributed by atoms with E-state index in [1.54, 1.807) is 13.2 Å². The quantitative estimate of drug-likeness (QED) is 0.192. The van der Waals surface area contributed by atoms with Crippen molar-refractivity contribution in [2.75, 3.05) is 26.7 Å². The van der Waals surface area contributed by atoms with E-state index >= 15 is 0 Å². The Morgan fingerprint density at radius 3 is 2.63 bits per heavy atom. The van der Waals surface area contributed by atoms with E-state index in [1.807, 2.05) is 0 Å². The highest BCUT2D eigenvalue weighted by molar-refractivity contribution is 5.77. The van der Waals surface area contributed by atoms with Crippen LogP contribution in [0.1, 0.15) is 114 Å². The number of ether oxygens (including phenoxy) is 2. The summed E-state index contributed by atoms with van der Waals surface area (Å²) in [5, 5.41) is 11.4. The molecule has 5 atom stereocenters. The molecule has 2 heterocycles. The van der Waals surface area contributed by atoms with Gasteiger partial charge in [0.2, 0.25) is 5.91 Å². The largest absolute Gasteiger partial charge is 0.508 e. The SMILES string of the molecule is CCCCCN(C(=O)CCCCCCCc1ccccc1)[C@H]1CC[C@H]2[C@H]3Cc4c(O)cc(OC)c5c4[C@@]2(CCN3CC2CC2)[C@H]1O5. The number of benzene rings is 2. The molecule has 0 aromatic heterocycles. The number of amides is 1. The number of aromatic hydroxyl groups is 1. The van der Waals surface area contributed by atoms with Gasteiger partial charge < -0.3 is 19.5 Å². The number of unbranched alkanes of at least 4 members (excludes halogenated alkanes) is 6. The minimum atomic E-state index is -0.162. The second-order valence-electron chi connectivity index (χ2n) is 15.1. The third-order valence-electron chi connectivity index (χ3n) is 12.3. The first kappa shape index (κ1) is 31.8. The zero-order valence-electron chi connectivity index (χ0n) is 28.4. The molecule has 0 radical (unpaired) electrons. The van der Waals surface area contributed by atoms with E-state index in [-0.39, 0.29) is 17.6 Å². The Labute approximate surface area is 276 Å². The number of phenols is 1. The number of phenolic OH excluding ortho intramolecular Hbond substituents is 1. The van der Waals surface area contributed by atoms with Crippen molar-refractivity contribution in [3.05, 3.63) is 53.1 Å². The Bertz CT molecular complexity index is 1360. The van der Waals surface area contributed by atoms with Crippen LogP contribution in [0.3, 0.4) is 0 Å². The molecule has 5 aliphatic rings. The summed E-state index contributed by atoms with van der Waals surface area (Å²) in [6, 6.07) is 13.0. The first-order valence-electron chi connectivity index (χ1n) is 18.7. The summed E-state index contributed by atoms with van der Waals surface area (Å²) in [7, 11) is 1.68. The van der Waals surface area contributed by atoms with Crippen LogP contribution in [0.2, 0.25) is 0 Å². The molecule has 2 bridgehead atoms. The number of likely N-dealkylation sites (tertiary alicyclic amines) is 1. The fourth-order valence-electron chi connectivity index (χ4n) is 9.91. The van der Waals surface area contributed by atoms with Gasteiger partial charge in [0.15, 0.2) is 11.5 Å². The van der Waals surface area contributed by atoms with Gasteiger partial charge in [-0.2, -0.15) is 0 Å². The summed E-state index contributed by atoms with van der Waals surface area (Å²) < 4.78 is 12.9. The zero-order valence-corrected chi connectivity index (χ0v) is 28.4. The van der Waals surface area contributed by atoms with E-state index in [0.717, 1.165) is 94.5 Å².